The summed E-state index contributed by atoms with van der Waals surface area (Å²) in [5.41, 5.74) is 0.152. The molecule has 0 atom stereocenters. The second kappa shape index (κ2) is 5.14. The first kappa shape index (κ1) is 12.5. The van der Waals surface area contributed by atoms with Crippen molar-refractivity contribution in [1.29, 1.82) is 0 Å². The zero-order valence-electron chi connectivity index (χ0n) is 9.64. The number of rotatable bonds is 4. The lowest BCUT2D eigenvalue weighted by Crippen LogP contribution is -1.96. The summed E-state index contributed by atoms with van der Waals surface area (Å²) in [6.07, 6.45) is 0. The van der Waals surface area contributed by atoms with E-state index in [1.807, 2.05) is 0 Å². The topological polar surface area (TPSA) is 59.7 Å². The number of carboxylic acids is 1. The first-order valence-electron chi connectivity index (χ1n) is 5.27. The summed E-state index contributed by atoms with van der Waals surface area (Å²) < 4.78 is 10.7. The van der Waals surface area contributed by atoms with E-state index in [0.29, 0.717) is 22.3 Å². The van der Waals surface area contributed by atoms with Crippen LogP contribution in [0, 0.1) is 6.92 Å². The van der Waals surface area contributed by atoms with Crippen LogP contribution in [0.4, 0.5) is 0 Å². The maximum absolute atomic E-state index is 10.8. The van der Waals surface area contributed by atoms with Gasteiger partial charge in [-0.05, 0) is 31.2 Å². The number of carbonyl (C=O) groups is 1. The van der Waals surface area contributed by atoms with E-state index in [0.717, 1.165) is 0 Å². The van der Waals surface area contributed by atoms with E-state index in [9.17, 15) is 4.79 Å². The molecule has 0 radical (unpaired) electrons. The molecule has 0 amide bonds. The molecule has 18 heavy (non-hydrogen) atoms. The largest absolute Gasteiger partial charge is 0.486 e. The predicted octanol–water partition coefficient (Wildman–Crippen LogP) is 3.52. The zero-order chi connectivity index (χ0) is 13.1. The molecule has 2 aromatic rings. The van der Waals surface area contributed by atoms with Crippen molar-refractivity contribution in [2.75, 3.05) is 0 Å². The Morgan fingerprint density at radius 1 is 1.44 bits per heavy atom. The van der Waals surface area contributed by atoms with E-state index < -0.39 is 5.97 Å². The summed E-state index contributed by atoms with van der Waals surface area (Å²) in [6, 6.07) is 8.42. The number of hydrogen-bond acceptors (Lipinski definition) is 3. The van der Waals surface area contributed by atoms with Crippen molar-refractivity contribution in [3.05, 3.63) is 52.4 Å². The molecule has 1 N–H and O–H groups in total. The Hall–Kier alpha value is -1.94. The SMILES string of the molecule is Cc1oc(COc2cccc(Cl)c2)cc1C(=O)O. The monoisotopic (exact) mass is 266 g/mol. The zero-order valence-corrected chi connectivity index (χ0v) is 10.4. The third-order valence-electron chi connectivity index (χ3n) is 2.38. The fraction of sp³-hybridized carbons (Fsp3) is 0.154. The number of benzene rings is 1. The molecule has 0 aliphatic carbocycles. The second-order valence-corrected chi connectivity index (χ2v) is 4.17. The summed E-state index contributed by atoms with van der Waals surface area (Å²) in [4.78, 5) is 10.8. The molecule has 0 spiro atoms. The highest BCUT2D eigenvalue weighted by Gasteiger charge is 2.13. The van der Waals surface area contributed by atoms with Crippen molar-refractivity contribution in [3.8, 4) is 5.75 Å². The molecule has 0 saturated carbocycles. The summed E-state index contributed by atoms with van der Waals surface area (Å²) in [6.45, 7) is 1.76. The van der Waals surface area contributed by atoms with Gasteiger partial charge in [0, 0.05) is 5.02 Å². The van der Waals surface area contributed by atoms with Crippen LogP contribution < -0.4 is 4.74 Å². The Balaban J connectivity index is 2.06. The molecule has 4 nitrogen and oxygen atoms in total. The van der Waals surface area contributed by atoms with E-state index in [4.69, 9.17) is 25.9 Å². The lowest BCUT2D eigenvalue weighted by molar-refractivity contribution is 0.0695. The first-order valence-corrected chi connectivity index (χ1v) is 5.65. The number of carboxylic acid groups (broad SMARTS) is 1. The second-order valence-electron chi connectivity index (χ2n) is 3.73. The molecule has 1 heterocycles. The number of aromatic carboxylic acids is 1. The molecule has 1 aromatic heterocycles. The number of hydrogen-bond donors (Lipinski definition) is 1. The summed E-state index contributed by atoms with van der Waals surface area (Å²) in [5, 5.41) is 9.46. The quantitative estimate of drug-likeness (QED) is 0.920. The maximum Gasteiger partial charge on any atom is 0.339 e. The van der Waals surface area contributed by atoms with Gasteiger partial charge in [-0.2, -0.15) is 0 Å². The Morgan fingerprint density at radius 3 is 2.83 bits per heavy atom. The summed E-state index contributed by atoms with van der Waals surface area (Å²) >= 11 is 5.82. The van der Waals surface area contributed by atoms with Gasteiger partial charge in [-0.1, -0.05) is 17.7 Å². The van der Waals surface area contributed by atoms with Crippen LogP contribution in [-0.2, 0) is 6.61 Å². The molecule has 0 fully saturated rings. The standard InChI is InChI=1S/C13H11ClO4/c1-8-12(13(15)16)6-11(18-8)7-17-10-4-2-3-9(14)5-10/h2-6H,7H2,1H3,(H,15,16). The lowest BCUT2D eigenvalue weighted by Gasteiger charge is -2.03. The highest BCUT2D eigenvalue weighted by molar-refractivity contribution is 6.30. The van der Waals surface area contributed by atoms with Crippen molar-refractivity contribution < 1.29 is 19.1 Å². The summed E-state index contributed by atoms with van der Waals surface area (Å²) in [7, 11) is 0. The van der Waals surface area contributed by atoms with Crippen LogP contribution in [0.5, 0.6) is 5.75 Å². The van der Waals surface area contributed by atoms with Crippen LogP contribution in [0.25, 0.3) is 0 Å². The molecule has 2 rings (SSSR count). The van der Waals surface area contributed by atoms with E-state index >= 15 is 0 Å². The van der Waals surface area contributed by atoms with Gasteiger partial charge in [-0.15, -0.1) is 0 Å². The molecule has 0 saturated heterocycles. The van der Waals surface area contributed by atoms with Crippen LogP contribution in [0.15, 0.2) is 34.7 Å². The molecule has 0 unspecified atom stereocenters. The van der Waals surface area contributed by atoms with Gasteiger partial charge < -0.3 is 14.3 Å². The van der Waals surface area contributed by atoms with Crippen molar-refractivity contribution >= 4 is 17.6 Å². The fourth-order valence-corrected chi connectivity index (χ4v) is 1.72. The van der Waals surface area contributed by atoms with Crippen molar-refractivity contribution in [2.24, 2.45) is 0 Å². The van der Waals surface area contributed by atoms with E-state index in [2.05, 4.69) is 0 Å². The van der Waals surface area contributed by atoms with Crippen molar-refractivity contribution in [3.63, 3.8) is 0 Å². The molecule has 94 valence electrons. The fourth-order valence-electron chi connectivity index (χ4n) is 1.54. The Bertz CT molecular complexity index is 574. The smallest absolute Gasteiger partial charge is 0.339 e. The van der Waals surface area contributed by atoms with Gasteiger partial charge in [0.1, 0.15) is 29.4 Å². The molecule has 5 heteroatoms. The Morgan fingerprint density at radius 2 is 2.22 bits per heavy atom. The van der Waals surface area contributed by atoms with Gasteiger partial charge in [-0.25, -0.2) is 4.79 Å². The molecule has 0 bridgehead atoms. The third kappa shape index (κ3) is 2.84. The first-order chi connectivity index (χ1) is 8.56. The maximum atomic E-state index is 10.8. The van der Waals surface area contributed by atoms with Crippen LogP contribution in [-0.4, -0.2) is 11.1 Å². The highest BCUT2D eigenvalue weighted by Crippen LogP contribution is 2.20. The molecule has 0 aliphatic rings. The molecule has 0 aliphatic heterocycles. The van der Waals surface area contributed by atoms with Crippen LogP contribution >= 0.6 is 11.6 Å². The number of ether oxygens (including phenoxy) is 1. The number of halogens is 1. The molecule has 1 aromatic carbocycles. The highest BCUT2D eigenvalue weighted by atomic mass is 35.5. The van der Waals surface area contributed by atoms with E-state index in [-0.39, 0.29) is 12.2 Å². The molecular weight excluding hydrogens is 256 g/mol. The average molecular weight is 267 g/mol. The van der Waals surface area contributed by atoms with Crippen LogP contribution in [0.1, 0.15) is 21.9 Å². The normalized spacial score (nSPS) is 10.3. The van der Waals surface area contributed by atoms with Gasteiger partial charge in [-0.3, -0.25) is 0 Å². The minimum Gasteiger partial charge on any atom is -0.486 e. The summed E-state index contributed by atoms with van der Waals surface area (Å²) in [5.74, 6) is 0.427. The van der Waals surface area contributed by atoms with Gasteiger partial charge >= 0.3 is 5.97 Å². The van der Waals surface area contributed by atoms with Crippen molar-refractivity contribution in [1.82, 2.24) is 0 Å². The van der Waals surface area contributed by atoms with E-state index in [1.54, 1.807) is 31.2 Å². The van der Waals surface area contributed by atoms with E-state index in [1.165, 1.54) is 6.07 Å². The number of furan rings is 1. The van der Waals surface area contributed by atoms with Crippen molar-refractivity contribution in [2.45, 2.75) is 13.5 Å². The van der Waals surface area contributed by atoms with Crippen LogP contribution in [0.2, 0.25) is 5.02 Å². The lowest BCUT2D eigenvalue weighted by atomic mass is 10.2. The third-order valence-corrected chi connectivity index (χ3v) is 2.61. The Kier molecular flexibility index (Phi) is 3.58. The predicted molar refractivity (Wildman–Crippen MR) is 66.2 cm³/mol. The van der Waals surface area contributed by atoms with Gasteiger partial charge in [0.05, 0.1) is 0 Å². The average Bonchev–Trinajstić information content (AvgIpc) is 2.68. The molecular formula is C13H11ClO4. The number of aryl methyl sites for hydroxylation is 1. The Labute approximate surface area is 109 Å². The van der Waals surface area contributed by atoms with Gasteiger partial charge in [0.2, 0.25) is 0 Å². The van der Waals surface area contributed by atoms with Gasteiger partial charge in [0.25, 0.3) is 0 Å². The van der Waals surface area contributed by atoms with Gasteiger partial charge in [0.15, 0.2) is 0 Å². The minimum absolute atomic E-state index is 0.152. The van der Waals surface area contributed by atoms with Crippen LogP contribution in [0.3, 0.4) is 0 Å². The minimum atomic E-state index is -1.01.